The van der Waals surface area contributed by atoms with E-state index < -0.39 is 36.9 Å². The van der Waals surface area contributed by atoms with Crippen LogP contribution in [0.25, 0.3) is 0 Å². The summed E-state index contributed by atoms with van der Waals surface area (Å²) in [5.74, 6) is 0.0129. The number of nitrogen functional groups attached to an aromatic ring is 1. The first-order valence-corrected chi connectivity index (χ1v) is 4.97. The van der Waals surface area contributed by atoms with Crippen LogP contribution in [0.1, 0.15) is 6.23 Å². The summed E-state index contributed by atoms with van der Waals surface area (Å²) in [6.07, 6.45) is -4.42. The number of nitrogens with two attached hydrogens (primary N) is 1. The molecule has 94 valence electrons. The van der Waals surface area contributed by atoms with Crippen LogP contribution in [0.4, 0.5) is 10.2 Å². The third-order valence-corrected chi connectivity index (χ3v) is 2.60. The van der Waals surface area contributed by atoms with Crippen molar-refractivity contribution < 1.29 is 19.3 Å². The molecule has 17 heavy (non-hydrogen) atoms. The molecule has 1 aromatic rings. The predicted octanol–water partition coefficient (Wildman–Crippen LogP) is -1.59. The Labute approximate surface area is 95.3 Å². The fourth-order valence-electron chi connectivity index (χ4n) is 1.70. The number of hydrogen-bond donors (Lipinski definition) is 3. The van der Waals surface area contributed by atoms with E-state index in [2.05, 4.69) is 4.98 Å². The summed E-state index contributed by atoms with van der Waals surface area (Å²) in [5.41, 5.74) is 4.52. The van der Waals surface area contributed by atoms with Crippen LogP contribution < -0.4 is 11.4 Å². The van der Waals surface area contributed by atoms with Crippen molar-refractivity contribution in [2.75, 3.05) is 12.3 Å². The number of aromatic nitrogens is 2. The molecular formula is C9H12FN3O4. The van der Waals surface area contributed by atoms with E-state index in [1.54, 1.807) is 0 Å². The molecule has 1 aliphatic heterocycles. The maximum absolute atomic E-state index is 13.7. The van der Waals surface area contributed by atoms with Crippen LogP contribution in [0.15, 0.2) is 17.1 Å². The molecule has 0 saturated carbocycles. The first kappa shape index (κ1) is 12.0. The summed E-state index contributed by atoms with van der Waals surface area (Å²) in [6.45, 7) is -0.533. The standard InChI is InChI=1S/C9H12FN3O4/c10-6-7(15)4(3-14)17-8(6)13-2-1-5(11)12-9(13)16/h1-2,4,6-8,14-15H,3H2,(H2,11,12,16)/t4-,6+,7+,8-/m0/s1. The van der Waals surface area contributed by atoms with Gasteiger partial charge in [0.25, 0.3) is 0 Å². The fraction of sp³-hybridized carbons (Fsp3) is 0.556. The van der Waals surface area contributed by atoms with E-state index in [-0.39, 0.29) is 5.82 Å². The molecular weight excluding hydrogens is 233 g/mol. The largest absolute Gasteiger partial charge is 0.394 e. The molecule has 2 heterocycles. The number of anilines is 1. The van der Waals surface area contributed by atoms with Crippen LogP contribution in [0.3, 0.4) is 0 Å². The summed E-state index contributed by atoms with van der Waals surface area (Å²) in [5, 5.41) is 18.3. The molecule has 8 heteroatoms. The van der Waals surface area contributed by atoms with E-state index in [1.165, 1.54) is 12.3 Å². The summed E-state index contributed by atoms with van der Waals surface area (Å²) in [7, 11) is 0. The second-order valence-electron chi connectivity index (χ2n) is 3.72. The lowest BCUT2D eigenvalue weighted by Crippen LogP contribution is -2.33. The van der Waals surface area contributed by atoms with Crippen molar-refractivity contribution in [2.45, 2.75) is 24.6 Å². The minimum Gasteiger partial charge on any atom is -0.394 e. The average Bonchev–Trinajstić information content (AvgIpc) is 2.57. The van der Waals surface area contributed by atoms with Gasteiger partial charge in [-0.1, -0.05) is 0 Å². The third kappa shape index (κ3) is 2.02. The van der Waals surface area contributed by atoms with Gasteiger partial charge in [-0.15, -0.1) is 0 Å². The molecule has 7 nitrogen and oxygen atoms in total. The van der Waals surface area contributed by atoms with Gasteiger partial charge in [-0.3, -0.25) is 4.57 Å². The van der Waals surface area contributed by atoms with Gasteiger partial charge in [-0.25, -0.2) is 9.18 Å². The Morgan fingerprint density at radius 3 is 2.88 bits per heavy atom. The molecule has 4 N–H and O–H groups in total. The minimum absolute atomic E-state index is 0.0129. The molecule has 1 saturated heterocycles. The summed E-state index contributed by atoms with van der Waals surface area (Å²) >= 11 is 0. The molecule has 0 radical (unpaired) electrons. The highest BCUT2D eigenvalue weighted by atomic mass is 19.1. The minimum atomic E-state index is -1.81. The Morgan fingerprint density at radius 1 is 1.65 bits per heavy atom. The van der Waals surface area contributed by atoms with E-state index in [1.807, 2.05) is 0 Å². The fourth-order valence-corrected chi connectivity index (χ4v) is 1.70. The van der Waals surface area contributed by atoms with Gasteiger partial charge in [0.15, 0.2) is 12.4 Å². The summed E-state index contributed by atoms with van der Waals surface area (Å²) in [4.78, 5) is 14.9. The van der Waals surface area contributed by atoms with Crippen molar-refractivity contribution in [3.63, 3.8) is 0 Å². The molecule has 0 aliphatic carbocycles. The first-order valence-electron chi connectivity index (χ1n) is 4.97. The lowest BCUT2D eigenvalue weighted by molar-refractivity contribution is -0.0490. The summed E-state index contributed by atoms with van der Waals surface area (Å²) < 4.78 is 19.6. The SMILES string of the molecule is Nc1ccn([C@H]2O[C@@H](CO)[C@@H](O)[C@H]2F)c(=O)n1. The van der Waals surface area contributed by atoms with E-state index in [0.29, 0.717) is 0 Å². The number of alkyl halides is 1. The number of nitrogens with zero attached hydrogens (tertiary/aromatic N) is 2. The van der Waals surface area contributed by atoms with Crippen LogP contribution in [0, 0.1) is 0 Å². The Kier molecular flexibility index (Phi) is 3.09. The zero-order valence-corrected chi connectivity index (χ0v) is 8.73. The number of halogens is 1. The molecule has 2 rings (SSSR count). The zero-order chi connectivity index (χ0) is 12.6. The molecule has 1 aromatic heterocycles. The van der Waals surface area contributed by atoms with Gasteiger partial charge in [0.05, 0.1) is 6.61 Å². The van der Waals surface area contributed by atoms with E-state index in [4.69, 9.17) is 15.6 Å². The van der Waals surface area contributed by atoms with Crippen molar-refractivity contribution in [1.29, 1.82) is 0 Å². The highest BCUT2D eigenvalue weighted by molar-refractivity contribution is 5.23. The molecule has 0 spiro atoms. The Balaban J connectivity index is 2.32. The maximum atomic E-state index is 13.7. The normalized spacial score (nSPS) is 32.9. The average molecular weight is 245 g/mol. The van der Waals surface area contributed by atoms with Crippen molar-refractivity contribution >= 4 is 5.82 Å². The number of ether oxygens (including phenoxy) is 1. The zero-order valence-electron chi connectivity index (χ0n) is 8.73. The highest BCUT2D eigenvalue weighted by Crippen LogP contribution is 2.30. The Bertz CT molecular complexity index is 466. The molecule has 0 aromatic carbocycles. The van der Waals surface area contributed by atoms with Crippen LogP contribution in [-0.2, 0) is 4.74 Å². The van der Waals surface area contributed by atoms with Crippen LogP contribution in [-0.4, -0.2) is 44.8 Å². The van der Waals surface area contributed by atoms with Gasteiger partial charge in [0.1, 0.15) is 18.0 Å². The van der Waals surface area contributed by atoms with Gasteiger partial charge in [-0.05, 0) is 6.07 Å². The van der Waals surface area contributed by atoms with Crippen LogP contribution in [0.5, 0.6) is 0 Å². The summed E-state index contributed by atoms with van der Waals surface area (Å²) in [6, 6.07) is 1.32. The van der Waals surface area contributed by atoms with Crippen molar-refractivity contribution in [2.24, 2.45) is 0 Å². The topological polar surface area (TPSA) is 111 Å². The van der Waals surface area contributed by atoms with E-state index >= 15 is 0 Å². The van der Waals surface area contributed by atoms with Gasteiger partial charge >= 0.3 is 5.69 Å². The first-order chi connectivity index (χ1) is 8.04. The molecule has 1 aliphatic rings. The molecule has 1 fully saturated rings. The van der Waals surface area contributed by atoms with Gasteiger partial charge in [0.2, 0.25) is 0 Å². The second kappa shape index (κ2) is 4.40. The molecule has 0 unspecified atom stereocenters. The predicted molar refractivity (Wildman–Crippen MR) is 54.8 cm³/mol. The smallest absolute Gasteiger partial charge is 0.351 e. The van der Waals surface area contributed by atoms with Gasteiger partial charge < -0.3 is 20.7 Å². The van der Waals surface area contributed by atoms with Crippen molar-refractivity contribution in [1.82, 2.24) is 9.55 Å². The number of rotatable bonds is 2. The van der Waals surface area contributed by atoms with Gasteiger partial charge in [0, 0.05) is 6.20 Å². The highest BCUT2D eigenvalue weighted by Gasteiger charge is 2.45. The lowest BCUT2D eigenvalue weighted by Gasteiger charge is -2.15. The third-order valence-electron chi connectivity index (χ3n) is 2.60. The lowest BCUT2D eigenvalue weighted by atomic mass is 10.1. The second-order valence-corrected chi connectivity index (χ2v) is 3.72. The number of aliphatic hydroxyl groups excluding tert-OH is 2. The van der Waals surface area contributed by atoms with Crippen molar-refractivity contribution in [3.8, 4) is 0 Å². The monoisotopic (exact) mass is 245 g/mol. The quantitative estimate of drug-likeness (QED) is 0.579. The molecule has 4 atom stereocenters. The van der Waals surface area contributed by atoms with Crippen LogP contribution >= 0.6 is 0 Å². The van der Waals surface area contributed by atoms with Crippen LogP contribution in [0.2, 0.25) is 0 Å². The maximum Gasteiger partial charge on any atom is 0.351 e. The van der Waals surface area contributed by atoms with E-state index in [9.17, 15) is 14.3 Å². The Hall–Kier alpha value is -1.51. The Morgan fingerprint density at radius 2 is 2.35 bits per heavy atom. The molecule has 0 bridgehead atoms. The van der Waals surface area contributed by atoms with Crippen molar-refractivity contribution in [3.05, 3.63) is 22.7 Å². The number of aliphatic hydroxyl groups is 2. The number of hydrogen-bond acceptors (Lipinski definition) is 6. The van der Waals surface area contributed by atoms with Gasteiger partial charge in [-0.2, -0.15) is 4.98 Å². The molecule has 0 amide bonds. The van der Waals surface area contributed by atoms with E-state index in [0.717, 1.165) is 4.57 Å².